The first-order valence-corrected chi connectivity index (χ1v) is 6.11. The second-order valence-electron chi connectivity index (χ2n) is 3.92. The molecular weight excluding hydrogens is 282 g/mol. The molecule has 0 saturated carbocycles. The second kappa shape index (κ2) is 4.89. The summed E-state index contributed by atoms with van der Waals surface area (Å²) in [6.07, 6.45) is 0. The number of aromatic nitrogens is 2. The Morgan fingerprint density at radius 3 is 2.76 bits per heavy atom. The van der Waals surface area contributed by atoms with Crippen molar-refractivity contribution in [2.45, 2.75) is 13.5 Å². The molecule has 0 atom stereocenters. The summed E-state index contributed by atoms with van der Waals surface area (Å²) in [5.41, 5.74) is 8.81. The van der Waals surface area contributed by atoms with Crippen molar-refractivity contribution in [3.8, 4) is 11.3 Å². The summed E-state index contributed by atoms with van der Waals surface area (Å²) in [5.74, 6) is 0.562. The summed E-state index contributed by atoms with van der Waals surface area (Å²) < 4.78 is 2.62. The predicted octanol–water partition coefficient (Wildman–Crippen LogP) is 2.20. The third kappa shape index (κ3) is 2.68. The summed E-state index contributed by atoms with van der Waals surface area (Å²) >= 11 is 3.46. The van der Waals surface area contributed by atoms with E-state index in [1.807, 2.05) is 25.1 Å². The molecule has 2 rings (SSSR count). The Morgan fingerprint density at radius 2 is 2.12 bits per heavy atom. The number of halogens is 1. The zero-order valence-corrected chi connectivity index (χ0v) is 11.1. The minimum atomic E-state index is 0.0306. The van der Waals surface area contributed by atoms with Gasteiger partial charge in [-0.25, -0.2) is 4.68 Å². The smallest absolute Gasteiger partial charge is 0.122 e. The van der Waals surface area contributed by atoms with Crippen LogP contribution in [0.25, 0.3) is 11.3 Å². The molecule has 3 N–H and O–H groups in total. The number of nitrogens with two attached hydrogens (primary N) is 1. The van der Waals surface area contributed by atoms with Crippen LogP contribution in [-0.2, 0) is 6.54 Å². The monoisotopic (exact) mass is 295 g/mol. The SMILES string of the molecule is Cc1cc(Br)cc(-c2cc(N)n(CCO)n2)c1. The van der Waals surface area contributed by atoms with E-state index in [1.165, 1.54) is 0 Å². The highest BCUT2D eigenvalue weighted by Gasteiger charge is 2.07. The highest BCUT2D eigenvalue weighted by molar-refractivity contribution is 9.10. The van der Waals surface area contributed by atoms with Crippen LogP contribution in [-0.4, -0.2) is 21.5 Å². The molecule has 4 nitrogen and oxygen atoms in total. The number of anilines is 1. The summed E-state index contributed by atoms with van der Waals surface area (Å²) in [7, 11) is 0. The number of nitrogen functional groups attached to an aromatic ring is 1. The van der Waals surface area contributed by atoms with Gasteiger partial charge < -0.3 is 10.8 Å². The maximum absolute atomic E-state index is 8.89. The van der Waals surface area contributed by atoms with E-state index in [0.29, 0.717) is 12.4 Å². The molecule has 17 heavy (non-hydrogen) atoms. The van der Waals surface area contributed by atoms with Crippen molar-refractivity contribution < 1.29 is 5.11 Å². The Kier molecular flexibility index (Phi) is 3.49. The Balaban J connectivity index is 2.42. The molecular formula is C12H14BrN3O. The average molecular weight is 296 g/mol. The molecule has 0 spiro atoms. The van der Waals surface area contributed by atoms with E-state index in [1.54, 1.807) is 4.68 Å². The number of aryl methyl sites for hydroxylation is 1. The van der Waals surface area contributed by atoms with E-state index in [2.05, 4.69) is 27.1 Å². The van der Waals surface area contributed by atoms with Gasteiger partial charge in [0.25, 0.3) is 0 Å². The average Bonchev–Trinajstić information content (AvgIpc) is 2.60. The van der Waals surface area contributed by atoms with Crippen molar-refractivity contribution in [1.29, 1.82) is 0 Å². The van der Waals surface area contributed by atoms with Crippen molar-refractivity contribution in [2.75, 3.05) is 12.3 Å². The molecule has 0 aliphatic heterocycles. The first kappa shape index (κ1) is 12.1. The van der Waals surface area contributed by atoms with E-state index >= 15 is 0 Å². The van der Waals surface area contributed by atoms with Crippen LogP contribution in [0.5, 0.6) is 0 Å². The molecule has 0 aliphatic rings. The number of rotatable bonds is 3. The molecule has 0 amide bonds. The molecule has 0 bridgehead atoms. The van der Waals surface area contributed by atoms with Gasteiger partial charge in [-0.15, -0.1) is 0 Å². The molecule has 0 aliphatic carbocycles. The molecule has 0 radical (unpaired) electrons. The molecule has 1 aromatic carbocycles. The molecule has 2 aromatic rings. The number of nitrogens with zero attached hydrogens (tertiary/aromatic N) is 2. The second-order valence-corrected chi connectivity index (χ2v) is 4.83. The van der Waals surface area contributed by atoms with E-state index < -0.39 is 0 Å². The fraction of sp³-hybridized carbons (Fsp3) is 0.250. The lowest BCUT2D eigenvalue weighted by Gasteiger charge is -2.01. The minimum Gasteiger partial charge on any atom is -0.394 e. The van der Waals surface area contributed by atoms with Crippen LogP contribution >= 0.6 is 15.9 Å². The van der Waals surface area contributed by atoms with Crippen LogP contribution in [0.15, 0.2) is 28.7 Å². The first-order valence-electron chi connectivity index (χ1n) is 5.32. The number of benzene rings is 1. The third-order valence-electron chi connectivity index (χ3n) is 2.46. The zero-order valence-electron chi connectivity index (χ0n) is 9.52. The van der Waals surface area contributed by atoms with Gasteiger partial charge in [0.2, 0.25) is 0 Å². The molecule has 0 fully saturated rings. The van der Waals surface area contributed by atoms with Crippen LogP contribution < -0.4 is 5.73 Å². The normalized spacial score (nSPS) is 10.8. The van der Waals surface area contributed by atoms with Crippen LogP contribution in [0.3, 0.4) is 0 Å². The van der Waals surface area contributed by atoms with Gasteiger partial charge in [0.15, 0.2) is 0 Å². The minimum absolute atomic E-state index is 0.0306. The molecule has 0 saturated heterocycles. The van der Waals surface area contributed by atoms with Gasteiger partial charge in [0.05, 0.1) is 18.8 Å². The lowest BCUT2D eigenvalue weighted by molar-refractivity contribution is 0.270. The highest BCUT2D eigenvalue weighted by atomic mass is 79.9. The van der Waals surface area contributed by atoms with Crippen LogP contribution in [0.2, 0.25) is 0 Å². The van der Waals surface area contributed by atoms with Crippen LogP contribution in [0.1, 0.15) is 5.56 Å². The maximum atomic E-state index is 8.89. The van der Waals surface area contributed by atoms with Crippen molar-refractivity contribution >= 4 is 21.7 Å². The molecule has 90 valence electrons. The Morgan fingerprint density at radius 1 is 1.35 bits per heavy atom. The van der Waals surface area contributed by atoms with E-state index in [4.69, 9.17) is 10.8 Å². The van der Waals surface area contributed by atoms with Gasteiger partial charge in [0.1, 0.15) is 5.82 Å². The predicted molar refractivity (Wildman–Crippen MR) is 71.6 cm³/mol. The van der Waals surface area contributed by atoms with E-state index in [0.717, 1.165) is 21.3 Å². The highest BCUT2D eigenvalue weighted by Crippen LogP contribution is 2.25. The van der Waals surface area contributed by atoms with Gasteiger partial charge in [-0.2, -0.15) is 5.10 Å². The summed E-state index contributed by atoms with van der Waals surface area (Å²) in [6.45, 7) is 2.48. The third-order valence-corrected chi connectivity index (χ3v) is 2.92. The molecule has 5 heteroatoms. The van der Waals surface area contributed by atoms with Gasteiger partial charge >= 0.3 is 0 Å². The van der Waals surface area contributed by atoms with Gasteiger partial charge in [-0.05, 0) is 30.7 Å². The summed E-state index contributed by atoms with van der Waals surface area (Å²) in [4.78, 5) is 0. The number of aliphatic hydroxyl groups excluding tert-OH is 1. The van der Waals surface area contributed by atoms with Gasteiger partial charge in [-0.3, -0.25) is 0 Å². The lowest BCUT2D eigenvalue weighted by Crippen LogP contribution is -2.07. The zero-order chi connectivity index (χ0) is 12.4. The van der Waals surface area contributed by atoms with Crippen molar-refractivity contribution in [3.63, 3.8) is 0 Å². The number of hydrogen-bond acceptors (Lipinski definition) is 3. The fourth-order valence-corrected chi connectivity index (χ4v) is 2.34. The van der Waals surface area contributed by atoms with Crippen LogP contribution in [0, 0.1) is 6.92 Å². The summed E-state index contributed by atoms with van der Waals surface area (Å²) in [6, 6.07) is 7.91. The quantitative estimate of drug-likeness (QED) is 0.912. The van der Waals surface area contributed by atoms with E-state index in [-0.39, 0.29) is 6.61 Å². The maximum Gasteiger partial charge on any atom is 0.122 e. The standard InChI is InChI=1S/C12H14BrN3O/c1-8-4-9(6-10(13)5-8)11-7-12(14)16(15-11)2-3-17/h4-7,17H,2-3,14H2,1H3. The Bertz CT molecular complexity index is 516. The molecule has 1 aromatic heterocycles. The van der Waals surface area contributed by atoms with Crippen molar-refractivity contribution in [2.24, 2.45) is 0 Å². The Hall–Kier alpha value is -1.33. The molecule has 1 heterocycles. The fourth-order valence-electron chi connectivity index (χ4n) is 1.73. The van der Waals surface area contributed by atoms with Crippen LogP contribution in [0.4, 0.5) is 5.82 Å². The largest absolute Gasteiger partial charge is 0.394 e. The lowest BCUT2D eigenvalue weighted by atomic mass is 10.1. The molecule has 0 unspecified atom stereocenters. The van der Waals surface area contributed by atoms with Gasteiger partial charge in [-0.1, -0.05) is 15.9 Å². The van der Waals surface area contributed by atoms with Crippen molar-refractivity contribution in [3.05, 3.63) is 34.3 Å². The van der Waals surface area contributed by atoms with E-state index in [9.17, 15) is 0 Å². The summed E-state index contributed by atoms with van der Waals surface area (Å²) in [5, 5.41) is 13.3. The Labute approximate surface area is 108 Å². The first-order chi connectivity index (χ1) is 8.10. The topological polar surface area (TPSA) is 64.1 Å². The van der Waals surface area contributed by atoms with Gasteiger partial charge in [0, 0.05) is 16.1 Å². The number of hydrogen-bond donors (Lipinski definition) is 2. The number of aliphatic hydroxyl groups is 1. The van der Waals surface area contributed by atoms with Crippen molar-refractivity contribution in [1.82, 2.24) is 9.78 Å².